The maximum atomic E-state index is 13.3. The molecule has 6 heteroatoms. The molecule has 0 atom stereocenters. The molecule has 5 rings (SSSR count). The predicted octanol–water partition coefficient (Wildman–Crippen LogP) is 2.83. The van der Waals surface area contributed by atoms with Crippen molar-refractivity contribution in [2.24, 2.45) is 0 Å². The number of hydrogen-bond donors (Lipinski definition) is 1. The molecule has 1 N–H and O–H groups in total. The lowest BCUT2D eigenvalue weighted by Crippen LogP contribution is -2.37. The fourth-order valence-corrected chi connectivity index (χ4v) is 4.66. The zero-order valence-electron chi connectivity index (χ0n) is 17.4. The van der Waals surface area contributed by atoms with E-state index < -0.39 is 0 Å². The lowest BCUT2D eigenvalue weighted by molar-refractivity contribution is 0.0340. The van der Waals surface area contributed by atoms with Crippen LogP contribution in [0.3, 0.4) is 0 Å². The van der Waals surface area contributed by atoms with Crippen LogP contribution in [0.15, 0.2) is 47.5 Å². The molecule has 6 nitrogen and oxygen atoms in total. The van der Waals surface area contributed by atoms with Gasteiger partial charge in [-0.2, -0.15) is 0 Å². The first-order valence-corrected chi connectivity index (χ1v) is 10.9. The Bertz CT molecular complexity index is 1090. The molecule has 30 heavy (non-hydrogen) atoms. The van der Waals surface area contributed by atoms with Gasteiger partial charge in [0.2, 0.25) is 0 Å². The number of aromatic nitrogens is 2. The van der Waals surface area contributed by atoms with Crippen LogP contribution < -0.4 is 10.7 Å². The van der Waals surface area contributed by atoms with Crippen molar-refractivity contribution in [1.82, 2.24) is 14.5 Å². The Labute approximate surface area is 176 Å². The molecule has 156 valence electrons. The SMILES string of the molecule is CCn1cc(CN2CCOCC2)c(=O)c2cc(NC3Cc4ccccc4C3)cnc21. The maximum Gasteiger partial charge on any atom is 0.195 e. The maximum absolute atomic E-state index is 13.3. The first kappa shape index (κ1) is 19.3. The van der Waals surface area contributed by atoms with Gasteiger partial charge in [-0.15, -0.1) is 0 Å². The van der Waals surface area contributed by atoms with E-state index in [2.05, 4.69) is 51.0 Å². The summed E-state index contributed by atoms with van der Waals surface area (Å²) in [6, 6.07) is 10.9. The van der Waals surface area contributed by atoms with E-state index in [4.69, 9.17) is 4.74 Å². The molecule has 0 amide bonds. The molecule has 2 aromatic heterocycles. The van der Waals surface area contributed by atoms with Crippen molar-refractivity contribution in [1.29, 1.82) is 0 Å². The van der Waals surface area contributed by atoms with Crippen LogP contribution in [0.2, 0.25) is 0 Å². The average molecular weight is 405 g/mol. The number of anilines is 1. The highest BCUT2D eigenvalue weighted by Gasteiger charge is 2.21. The molecule has 3 heterocycles. The summed E-state index contributed by atoms with van der Waals surface area (Å²) in [5, 5.41) is 4.31. The molecule has 0 saturated carbocycles. The molecule has 2 aliphatic rings. The van der Waals surface area contributed by atoms with Gasteiger partial charge in [0.05, 0.1) is 30.5 Å². The number of nitrogens with one attached hydrogen (secondary N) is 1. The number of morpholine rings is 1. The number of fused-ring (bicyclic) bond motifs is 2. The molecule has 1 fully saturated rings. The van der Waals surface area contributed by atoms with Crippen molar-refractivity contribution in [2.75, 3.05) is 31.6 Å². The molecule has 3 aromatic rings. The normalized spacial score (nSPS) is 17.4. The molecule has 0 radical (unpaired) electrons. The Morgan fingerprint density at radius 1 is 1.17 bits per heavy atom. The van der Waals surface area contributed by atoms with Crippen molar-refractivity contribution in [2.45, 2.75) is 38.9 Å². The number of ether oxygens (including phenoxy) is 1. The van der Waals surface area contributed by atoms with Crippen LogP contribution in [0.1, 0.15) is 23.6 Å². The molecule has 1 saturated heterocycles. The third kappa shape index (κ3) is 3.73. The Morgan fingerprint density at radius 3 is 2.60 bits per heavy atom. The van der Waals surface area contributed by atoms with E-state index in [0.717, 1.165) is 62.6 Å². The van der Waals surface area contributed by atoms with Crippen LogP contribution in [0.5, 0.6) is 0 Å². The predicted molar refractivity (Wildman–Crippen MR) is 119 cm³/mol. The quantitative estimate of drug-likeness (QED) is 0.709. The monoisotopic (exact) mass is 404 g/mol. The summed E-state index contributed by atoms with van der Waals surface area (Å²) >= 11 is 0. The van der Waals surface area contributed by atoms with Gasteiger partial charge in [0.1, 0.15) is 5.65 Å². The second-order valence-corrected chi connectivity index (χ2v) is 8.27. The van der Waals surface area contributed by atoms with Gasteiger partial charge >= 0.3 is 0 Å². The number of rotatable bonds is 5. The highest BCUT2D eigenvalue weighted by molar-refractivity contribution is 5.79. The fourth-order valence-electron chi connectivity index (χ4n) is 4.66. The number of pyridine rings is 2. The van der Waals surface area contributed by atoms with E-state index in [1.807, 2.05) is 18.5 Å². The lowest BCUT2D eigenvalue weighted by atomic mass is 10.1. The Morgan fingerprint density at radius 2 is 1.90 bits per heavy atom. The summed E-state index contributed by atoms with van der Waals surface area (Å²) in [5.74, 6) is 0. The van der Waals surface area contributed by atoms with Crippen LogP contribution in [0, 0.1) is 0 Å². The first-order chi connectivity index (χ1) is 14.7. The second kappa shape index (κ2) is 8.20. The lowest BCUT2D eigenvalue weighted by Gasteiger charge is -2.26. The number of benzene rings is 1. The topological polar surface area (TPSA) is 59.4 Å². The van der Waals surface area contributed by atoms with E-state index in [-0.39, 0.29) is 5.43 Å². The molecule has 1 aromatic carbocycles. The van der Waals surface area contributed by atoms with Crippen molar-refractivity contribution in [3.63, 3.8) is 0 Å². The van der Waals surface area contributed by atoms with Crippen molar-refractivity contribution in [3.05, 3.63) is 69.6 Å². The van der Waals surface area contributed by atoms with Gasteiger partial charge in [0.15, 0.2) is 5.43 Å². The molecule has 1 aliphatic carbocycles. The third-order valence-corrected chi connectivity index (χ3v) is 6.25. The van der Waals surface area contributed by atoms with Crippen molar-refractivity contribution < 1.29 is 4.74 Å². The van der Waals surface area contributed by atoms with Gasteiger partial charge in [-0.05, 0) is 37.0 Å². The molecule has 0 unspecified atom stereocenters. The molecular weight excluding hydrogens is 376 g/mol. The average Bonchev–Trinajstić information content (AvgIpc) is 3.19. The van der Waals surface area contributed by atoms with Gasteiger partial charge in [0, 0.05) is 44.0 Å². The summed E-state index contributed by atoms with van der Waals surface area (Å²) < 4.78 is 7.53. The largest absolute Gasteiger partial charge is 0.380 e. The van der Waals surface area contributed by atoms with Gasteiger partial charge in [-0.1, -0.05) is 24.3 Å². The van der Waals surface area contributed by atoms with Crippen LogP contribution in [-0.4, -0.2) is 46.8 Å². The summed E-state index contributed by atoms with van der Waals surface area (Å²) in [6.45, 7) is 6.73. The minimum Gasteiger partial charge on any atom is -0.380 e. The van der Waals surface area contributed by atoms with E-state index in [9.17, 15) is 4.79 Å². The third-order valence-electron chi connectivity index (χ3n) is 6.25. The zero-order valence-corrected chi connectivity index (χ0v) is 17.4. The summed E-state index contributed by atoms with van der Waals surface area (Å²) in [6.07, 6.45) is 5.85. The number of nitrogens with zero attached hydrogens (tertiary/aromatic N) is 3. The van der Waals surface area contributed by atoms with Gasteiger partial charge in [-0.25, -0.2) is 4.98 Å². The molecule has 1 aliphatic heterocycles. The Hall–Kier alpha value is -2.70. The molecular formula is C24H28N4O2. The highest BCUT2D eigenvalue weighted by atomic mass is 16.5. The fraction of sp³-hybridized carbons (Fsp3) is 0.417. The van der Waals surface area contributed by atoms with Crippen LogP contribution >= 0.6 is 0 Å². The smallest absolute Gasteiger partial charge is 0.195 e. The van der Waals surface area contributed by atoms with Crippen molar-refractivity contribution >= 4 is 16.7 Å². The van der Waals surface area contributed by atoms with Crippen LogP contribution in [0.4, 0.5) is 5.69 Å². The summed E-state index contributed by atoms with van der Waals surface area (Å²) in [7, 11) is 0. The van der Waals surface area contributed by atoms with E-state index in [1.165, 1.54) is 11.1 Å². The standard InChI is InChI=1S/C24H28N4O2/c1-2-28-16-19(15-27-7-9-30-10-8-27)23(29)22-13-21(14-25-24(22)28)26-20-11-17-5-3-4-6-18(17)12-20/h3-6,13-14,16,20,26H,2,7-12,15H2,1H3. The summed E-state index contributed by atoms with van der Waals surface area (Å²) in [5.41, 5.74) is 5.41. The van der Waals surface area contributed by atoms with E-state index in [0.29, 0.717) is 18.0 Å². The molecule has 0 spiro atoms. The van der Waals surface area contributed by atoms with Crippen LogP contribution in [0.25, 0.3) is 11.0 Å². The minimum absolute atomic E-state index is 0.0899. The van der Waals surface area contributed by atoms with Crippen molar-refractivity contribution in [3.8, 4) is 0 Å². The second-order valence-electron chi connectivity index (χ2n) is 8.27. The van der Waals surface area contributed by atoms with E-state index >= 15 is 0 Å². The first-order valence-electron chi connectivity index (χ1n) is 10.9. The highest BCUT2D eigenvalue weighted by Crippen LogP contribution is 2.25. The van der Waals surface area contributed by atoms with Crippen LogP contribution in [-0.2, 0) is 30.7 Å². The van der Waals surface area contributed by atoms with Gasteiger partial charge in [-0.3, -0.25) is 9.69 Å². The molecule has 0 bridgehead atoms. The minimum atomic E-state index is 0.0899. The number of aryl methyl sites for hydroxylation is 1. The summed E-state index contributed by atoms with van der Waals surface area (Å²) in [4.78, 5) is 20.2. The Balaban J connectivity index is 1.44. The van der Waals surface area contributed by atoms with Gasteiger partial charge < -0.3 is 14.6 Å². The van der Waals surface area contributed by atoms with Gasteiger partial charge in [0.25, 0.3) is 0 Å². The zero-order chi connectivity index (χ0) is 20.5. The number of hydrogen-bond acceptors (Lipinski definition) is 5. The van der Waals surface area contributed by atoms with E-state index in [1.54, 1.807) is 0 Å². The Kier molecular flexibility index (Phi) is 5.27.